The first-order valence-corrected chi connectivity index (χ1v) is 5.18. The second-order valence-electron chi connectivity index (χ2n) is 2.37. The first kappa shape index (κ1) is 8.30. The Morgan fingerprint density at radius 1 is 1.50 bits per heavy atom. The van der Waals surface area contributed by atoms with Gasteiger partial charge in [0.1, 0.15) is 0 Å². The van der Waals surface area contributed by atoms with Crippen LogP contribution in [0, 0.1) is 0 Å². The van der Waals surface area contributed by atoms with Crippen LogP contribution in [0.1, 0.15) is 0 Å². The normalized spacial score (nSPS) is 38.2. The number of alkyl halides is 1. The molecule has 0 amide bonds. The summed E-state index contributed by atoms with van der Waals surface area (Å²) in [5.74, 6) is 0.116. The van der Waals surface area contributed by atoms with E-state index in [1.165, 1.54) is 7.11 Å². The van der Waals surface area contributed by atoms with Gasteiger partial charge in [0.15, 0.2) is 9.84 Å². The summed E-state index contributed by atoms with van der Waals surface area (Å²) < 4.78 is 26.5. The highest BCUT2D eigenvalue weighted by Gasteiger charge is 2.36. The fraction of sp³-hybridized carbons (Fsp3) is 1.00. The summed E-state index contributed by atoms with van der Waals surface area (Å²) in [5, 5.41) is -0.366. The number of sulfone groups is 1. The molecule has 5 heteroatoms. The molecule has 1 rings (SSSR count). The zero-order chi connectivity index (χ0) is 7.78. The minimum Gasteiger partial charge on any atom is -0.379 e. The van der Waals surface area contributed by atoms with Gasteiger partial charge in [0, 0.05) is 7.11 Å². The molecule has 60 valence electrons. The van der Waals surface area contributed by atoms with Gasteiger partial charge in [-0.3, -0.25) is 0 Å². The van der Waals surface area contributed by atoms with Crippen molar-refractivity contribution in [3.63, 3.8) is 0 Å². The van der Waals surface area contributed by atoms with Crippen LogP contribution in [0.4, 0.5) is 0 Å². The van der Waals surface area contributed by atoms with Crippen LogP contribution in [0.25, 0.3) is 0 Å². The number of rotatable bonds is 1. The highest BCUT2D eigenvalue weighted by atomic mass is 35.5. The van der Waals surface area contributed by atoms with E-state index >= 15 is 0 Å². The number of halogens is 1. The Hall–Kier alpha value is 0.200. The lowest BCUT2D eigenvalue weighted by Crippen LogP contribution is -2.20. The summed E-state index contributed by atoms with van der Waals surface area (Å²) in [6.07, 6.45) is -0.313. The third kappa shape index (κ3) is 1.62. The number of methoxy groups -OCH3 is 1. The van der Waals surface area contributed by atoms with E-state index in [9.17, 15) is 8.42 Å². The molecule has 0 bridgehead atoms. The topological polar surface area (TPSA) is 43.4 Å². The van der Waals surface area contributed by atoms with Crippen molar-refractivity contribution in [1.82, 2.24) is 0 Å². The Morgan fingerprint density at radius 3 is 2.30 bits per heavy atom. The minimum absolute atomic E-state index is 0.0487. The predicted octanol–water partition coefficient (Wildman–Crippen LogP) is 0.0372. The van der Waals surface area contributed by atoms with Crippen molar-refractivity contribution in [2.45, 2.75) is 11.5 Å². The molecule has 3 nitrogen and oxygen atoms in total. The molecule has 0 N–H and O–H groups in total. The lowest BCUT2D eigenvalue weighted by molar-refractivity contribution is 0.127. The van der Waals surface area contributed by atoms with Crippen LogP contribution >= 0.6 is 11.6 Å². The third-order valence-corrected chi connectivity index (χ3v) is 3.86. The predicted molar refractivity (Wildman–Crippen MR) is 39.1 cm³/mol. The Balaban J connectivity index is 2.71. The first-order chi connectivity index (χ1) is 4.55. The minimum atomic E-state index is -2.91. The van der Waals surface area contributed by atoms with E-state index in [4.69, 9.17) is 16.3 Å². The zero-order valence-electron chi connectivity index (χ0n) is 5.58. The van der Waals surface area contributed by atoms with Gasteiger partial charge in [-0.05, 0) is 0 Å². The van der Waals surface area contributed by atoms with Crippen molar-refractivity contribution in [2.24, 2.45) is 0 Å². The molecule has 0 aromatic carbocycles. The molecule has 0 aliphatic carbocycles. The average molecular weight is 185 g/mol. The maximum absolute atomic E-state index is 10.8. The van der Waals surface area contributed by atoms with Gasteiger partial charge < -0.3 is 4.74 Å². The third-order valence-electron chi connectivity index (χ3n) is 1.54. The molecule has 1 saturated heterocycles. The molecule has 0 unspecified atom stereocenters. The number of hydrogen-bond acceptors (Lipinski definition) is 3. The van der Waals surface area contributed by atoms with Crippen molar-refractivity contribution >= 4 is 21.4 Å². The molecule has 1 fully saturated rings. The van der Waals surface area contributed by atoms with Gasteiger partial charge in [0.05, 0.1) is 23.0 Å². The van der Waals surface area contributed by atoms with Crippen molar-refractivity contribution in [3.05, 3.63) is 0 Å². The SMILES string of the molecule is CO[C@@H]1CS(=O)(=O)C[C@H]1Cl. The van der Waals surface area contributed by atoms with E-state index in [1.807, 2.05) is 0 Å². The van der Waals surface area contributed by atoms with E-state index in [0.717, 1.165) is 0 Å². The van der Waals surface area contributed by atoms with E-state index in [1.54, 1.807) is 0 Å². The summed E-state index contributed by atoms with van der Waals surface area (Å²) >= 11 is 5.66. The van der Waals surface area contributed by atoms with Crippen molar-refractivity contribution in [1.29, 1.82) is 0 Å². The molecule has 0 spiro atoms. The molecular weight excluding hydrogens is 176 g/mol. The lowest BCUT2D eigenvalue weighted by Gasteiger charge is -2.07. The Kier molecular flexibility index (Phi) is 2.22. The van der Waals surface area contributed by atoms with Gasteiger partial charge >= 0.3 is 0 Å². The summed E-state index contributed by atoms with van der Waals surface area (Å²) in [6.45, 7) is 0. The largest absolute Gasteiger partial charge is 0.379 e. The second-order valence-corrected chi connectivity index (χ2v) is 5.08. The molecular formula is C5H9ClO3S. The Labute approximate surface area is 65.2 Å². The van der Waals surface area contributed by atoms with Crippen LogP contribution in [-0.4, -0.2) is 38.5 Å². The van der Waals surface area contributed by atoms with Gasteiger partial charge in [-0.15, -0.1) is 11.6 Å². The summed E-state index contributed by atoms with van der Waals surface area (Å²) in [5.41, 5.74) is 0. The van der Waals surface area contributed by atoms with Crippen molar-refractivity contribution < 1.29 is 13.2 Å². The van der Waals surface area contributed by atoms with Crippen molar-refractivity contribution in [3.8, 4) is 0 Å². The molecule has 1 aliphatic rings. The quantitative estimate of drug-likeness (QED) is 0.541. The Bertz CT molecular complexity index is 211. The molecule has 0 radical (unpaired) electrons. The smallest absolute Gasteiger partial charge is 0.154 e. The van der Waals surface area contributed by atoms with Gasteiger partial charge in [-0.2, -0.15) is 0 Å². The summed E-state index contributed by atoms with van der Waals surface area (Å²) in [4.78, 5) is 0. The van der Waals surface area contributed by atoms with Crippen LogP contribution in [-0.2, 0) is 14.6 Å². The number of ether oxygens (including phenoxy) is 1. The highest BCUT2D eigenvalue weighted by Crippen LogP contribution is 2.19. The molecule has 0 aromatic rings. The fourth-order valence-corrected chi connectivity index (χ4v) is 3.57. The van der Waals surface area contributed by atoms with Gasteiger partial charge in [-0.25, -0.2) is 8.42 Å². The molecule has 1 heterocycles. The van der Waals surface area contributed by atoms with Crippen LogP contribution in [0.3, 0.4) is 0 Å². The van der Waals surface area contributed by atoms with E-state index in [2.05, 4.69) is 0 Å². The van der Waals surface area contributed by atoms with Crippen molar-refractivity contribution in [2.75, 3.05) is 18.6 Å². The average Bonchev–Trinajstić information content (AvgIpc) is 2.05. The van der Waals surface area contributed by atoms with Gasteiger partial charge in [0.2, 0.25) is 0 Å². The maximum atomic E-state index is 10.8. The van der Waals surface area contributed by atoms with Gasteiger partial charge in [-0.1, -0.05) is 0 Å². The van der Waals surface area contributed by atoms with E-state index < -0.39 is 9.84 Å². The number of hydrogen-bond donors (Lipinski definition) is 0. The van der Waals surface area contributed by atoms with E-state index in [-0.39, 0.29) is 23.0 Å². The highest BCUT2D eigenvalue weighted by molar-refractivity contribution is 7.91. The molecule has 0 saturated carbocycles. The lowest BCUT2D eigenvalue weighted by atomic mass is 10.3. The standard InChI is InChI=1S/C5H9ClO3S/c1-9-5-3-10(7,8)2-4(5)6/h4-5H,2-3H2,1H3/t4-,5-/m1/s1. The fourth-order valence-electron chi connectivity index (χ4n) is 0.988. The Morgan fingerprint density at radius 2 is 2.10 bits per heavy atom. The molecule has 10 heavy (non-hydrogen) atoms. The maximum Gasteiger partial charge on any atom is 0.154 e. The summed E-state index contributed by atoms with van der Waals surface area (Å²) in [6, 6.07) is 0. The zero-order valence-corrected chi connectivity index (χ0v) is 7.15. The second kappa shape index (κ2) is 2.68. The van der Waals surface area contributed by atoms with E-state index in [0.29, 0.717) is 0 Å². The van der Waals surface area contributed by atoms with Crippen LogP contribution in [0.15, 0.2) is 0 Å². The molecule has 0 aromatic heterocycles. The molecule has 1 aliphatic heterocycles. The molecule has 2 atom stereocenters. The van der Waals surface area contributed by atoms with Gasteiger partial charge in [0.25, 0.3) is 0 Å². The van der Waals surface area contributed by atoms with Crippen LogP contribution in [0.2, 0.25) is 0 Å². The summed E-state index contributed by atoms with van der Waals surface area (Å²) in [7, 11) is -1.44. The van der Waals surface area contributed by atoms with Crippen LogP contribution < -0.4 is 0 Å². The first-order valence-electron chi connectivity index (χ1n) is 2.92. The monoisotopic (exact) mass is 184 g/mol. The van der Waals surface area contributed by atoms with Crippen LogP contribution in [0.5, 0.6) is 0 Å².